The van der Waals surface area contributed by atoms with Crippen LogP contribution in [0.2, 0.25) is 0 Å². The van der Waals surface area contributed by atoms with E-state index in [1.807, 2.05) is 0 Å². The molecule has 2 fully saturated rings. The molecule has 0 amide bonds. The van der Waals surface area contributed by atoms with Crippen LogP contribution >= 0.6 is 11.3 Å². The van der Waals surface area contributed by atoms with Crippen LogP contribution in [-0.4, -0.2) is 26.0 Å². The van der Waals surface area contributed by atoms with Crippen molar-refractivity contribution in [2.24, 2.45) is 11.8 Å². The second-order valence-electron chi connectivity index (χ2n) is 5.60. The topological polar surface area (TPSA) is 55.6 Å². The Hall–Kier alpha value is -1.23. The van der Waals surface area contributed by atoms with Gasteiger partial charge >= 0.3 is 0 Å². The van der Waals surface area contributed by atoms with Crippen LogP contribution in [0.25, 0.3) is 0 Å². The molecule has 1 aliphatic heterocycles. The Bertz CT molecular complexity index is 500. The van der Waals surface area contributed by atoms with Crippen LogP contribution < -0.4 is 15.4 Å². The number of hydrogen-bond acceptors (Lipinski definition) is 5. The van der Waals surface area contributed by atoms with E-state index in [4.69, 9.17) is 10.5 Å². The second kappa shape index (κ2) is 4.71. The number of fused-ring (bicyclic) bond motifs is 1. The fourth-order valence-corrected chi connectivity index (χ4v) is 4.59. The zero-order valence-electron chi connectivity index (χ0n) is 11.4. The Kier molecular flexibility index (Phi) is 3.17. The lowest BCUT2D eigenvalue weighted by Gasteiger charge is -2.18. The number of nitrogen functional groups attached to an aromatic ring is 1. The Labute approximate surface area is 117 Å². The van der Waals surface area contributed by atoms with Gasteiger partial charge in [-0.3, -0.25) is 4.79 Å². The zero-order chi connectivity index (χ0) is 13.6. The van der Waals surface area contributed by atoms with Gasteiger partial charge in [0.05, 0.1) is 17.7 Å². The lowest BCUT2D eigenvalue weighted by molar-refractivity contribution is 0.102. The van der Waals surface area contributed by atoms with E-state index in [2.05, 4.69) is 4.90 Å². The number of methoxy groups -OCH3 is 1. The third-order valence-corrected chi connectivity index (χ3v) is 5.77. The lowest BCUT2D eigenvalue weighted by atomic mass is 10.0. The molecule has 1 saturated heterocycles. The van der Waals surface area contributed by atoms with Gasteiger partial charge in [-0.1, -0.05) is 6.42 Å². The molecular weight excluding hydrogens is 260 g/mol. The average Bonchev–Trinajstić information content (AvgIpc) is 2.99. The Balaban J connectivity index is 1.92. The van der Waals surface area contributed by atoms with E-state index in [1.54, 1.807) is 14.0 Å². The van der Waals surface area contributed by atoms with E-state index >= 15 is 0 Å². The van der Waals surface area contributed by atoms with E-state index in [0.29, 0.717) is 16.3 Å². The van der Waals surface area contributed by atoms with Gasteiger partial charge < -0.3 is 15.4 Å². The summed E-state index contributed by atoms with van der Waals surface area (Å²) < 4.78 is 5.43. The van der Waals surface area contributed by atoms with Gasteiger partial charge in [0.25, 0.3) is 0 Å². The molecule has 0 radical (unpaired) electrons. The van der Waals surface area contributed by atoms with Crippen LogP contribution in [0.4, 0.5) is 10.7 Å². The van der Waals surface area contributed by atoms with Crippen LogP contribution in [0.15, 0.2) is 0 Å². The molecule has 3 rings (SSSR count). The number of hydrogen-bond donors (Lipinski definition) is 1. The van der Waals surface area contributed by atoms with Crippen LogP contribution in [0.1, 0.15) is 35.9 Å². The van der Waals surface area contributed by atoms with Crippen molar-refractivity contribution in [3.05, 3.63) is 4.88 Å². The van der Waals surface area contributed by atoms with Gasteiger partial charge in [-0.2, -0.15) is 0 Å². The van der Waals surface area contributed by atoms with Gasteiger partial charge in [-0.25, -0.2) is 0 Å². The first-order chi connectivity index (χ1) is 9.11. The highest BCUT2D eigenvalue weighted by Crippen LogP contribution is 2.49. The maximum atomic E-state index is 11.6. The highest BCUT2D eigenvalue weighted by Gasteiger charge is 2.38. The van der Waals surface area contributed by atoms with E-state index in [-0.39, 0.29) is 5.78 Å². The predicted molar refractivity (Wildman–Crippen MR) is 78.3 cm³/mol. The van der Waals surface area contributed by atoms with E-state index < -0.39 is 0 Å². The number of ketones is 1. The van der Waals surface area contributed by atoms with Crippen molar-refractivity contribution < 1.29 is 9.53 Å². The first-order valence-corrected chi connectivity index (χ1v) is 7.65. The minimum absolute atomic E-state index is 0.0199. The Morgan fingerprint density at radius 1 is 1.37 bits per heavy atom. The Morgan fingerprint density at radius 3 is 2.53 bits per heavy atom. The molecular formula is C14H20N2O2S. The zero-order valence-corrected chi connectivity index (χ0v) is 12.3. The fraction of sp³-hybridized carbons (Fsp3) is 0.643. The number of thiophene rings is 1. The number of carbonyl (C=O) groups is 1. The molecule has 1 aliphatic carbocycles. The number of nitrogens with zero attached hydrogens (tertiary/aromatic N) is 1. The summed E-state index contributed by atoms with van der Waals surface area (Å²) in [6, 6.07) is 0. The molecule has 19 heavy (non-hydrogen) atoms. The largest absolute Gasteiger partial charge is 0.492 e. The SMILES string of the molecule is COc1c(N2CC3CCCC3C2)sc(C(C)=O)c1N. The molecule has 0 bridgehead atoms. The molecule has 104 valence electrons. The number of Topliss-reactive ketones (excluding diaryl/α,β-unsaturated/α-hetero) is 1. The standard InChI is InChI=1S/C14H20N2O2S/c1-8(17)13-11(15)12(18-2)14(19-13)16-6-9-4-3-5-10(9)7-16/h9-10H,3-7,15H2,1-2H3. The highest BCUT2D eigenvalue weighted by atomic mass is 32.1. The predicted octanol–water partition coefficient (Wildman–Crippen LogP) is 2.78. The van der Waals surface area contributed by atoms with Gasteiger partial charge in [0.15, 0.2) is 11.5 Å². The number of nitrogens with two attached hydrogens (primary N) is 1. The summed E-state index contributed by atoms with van der Waals surface area (Å²) in [6.07, 6.45) is 4.04. The maximum Gasteiger partial charge on any atom is 0.177 e. The van der Waals surface area contributed by atoms with Crippen molar-refractivity contribution in [3.8, 4) is 5.75 Å². The molecule has 2 aliphatic rings. The number of anilines is 2. The van der Waals surface area contributed by atoms with Gasteiger partial charge in [-0.15, -0.1) is 11.3 Å². The third-order valence-electron chi connectivity index (χ3n) is 4.42. The van der Waals surface area contributed by atoms with E-state index in [0.717, 1.165) is 29.9 Å². The molecule has 0 aromatic carbocycles. The van der Waals surface area contributed by atoms with Gasteiger partial charge in [0.2, 0.25) is 0 Å². The molecule has 2 N–H and O–H groups in total. The minimum atomic E-state index is 0.0199. The van der Waals surface area contributed by atoms with Crippen molar-refractivity contribution in [1.82, 2.24) is 0 Å². The molecule has 2 atom stereocenters. The van der Waals surface area contributed by atoms with Crippen molar-refractivity contribution in [2.75, 3.05) is 30.8 Å². The molecule has 2 heterocycles. The first-order valence-electron chi connectivity index (χ1n) is 6.84. The van der Waals surface area contributed by atoms with Crippen molar-refractivity contribution in [3.63, 3.8) is 0 Å². The number of rotatable bonds is 3. The van der Waals surface area contributed by atoms with Gasteiger partial charge in [0, 0.05) is 20.0 Å². The van der Waals surface area contributed by atoms with E-state index in [1.165, 1.54) is 30.6 Å². The smallest absolute Gasteiger partial charge is 0.177 e. The summed E-state index contributed by atoms with van der Waals surface area (Å²) >= 11 is 1.48. The van der Waals surface area contributed by atoms with Crippen LogP contribution in [0, 0.1) is 11.8 Å². The second-order valence-corrected chi connectivity index (χ2v) is 6.59. The third kappa shape index (κ3) is 2.00. The normalized spacial score (nSPS) is 25.7. The highest BCUT2D eigenvalue weighted by molar-refractivity contribution is 7.19. The summed E-state index contributed by atoms with van der Waals surface area (Å²) in [5, 5.41) is 1.04. The van der Waals surface area contributed by atoms with Crippen LogP contribution in [0.3, 0.4) is 0 Å². The van der Waals surface area contributed by atoms with Gasteiger partial charge in [0.1, 0.15) is 5.00 Å². The molecule has 5 heteroatoms. The summed E-state index contributed by atoms with van der Waals surface area (Å²) in [4.78, 5) is 14.6. The van der Waals surface area contributed by atoms with Crippen LogP contribution in [0.5, 0.6) is 5.75 Å². The fourth-order valence-electron chi connectivity index (χ4n) is 3.48. The number of carbonyl (C=O) groups excluding carboxylic acids is 1. The summed E-state index contributed by atoms with van der Waals surface area (Å²) in [6.45, 7) is 3.72. The summed E-state index contributed by atoms with van der Waals surface area (Å²) in [7, 11) is 1.63. The average molecular weight is 280 g/mol. The first kappa shape index (κ1) is 12.8. The van der Waals surface area contributed by atoms with Crippen molar-refractivity contribution in [2.45, 2.75) is 26.2 Å². The molecule has 1 saturated carbocycles. The van der Waals surface area contributed by atoms with Crippen LogP contribution in [-0.2, 0) is 0 Å². The lowest BCUT2D eigenvalue weighted by Crippen LogP contribution is -2.20. The summed E-state index contributed by atoms with van der Waals surface area (Å²) in [5.41, 5.74) is 6.54. The van der Waals surface area contributed by atoms with Crippen molar-refractivity contribution >= 4 is 27.8 Å². The minimum Gasteiger partial charge on any atom is -0.492 e. The molecule has 4 nitrogen and oxygen atoms in total. The molecule has 1 aromatic rings. The maximum absolute atomic E-state index is 11.6. The summed E-state index contributed by atoms with van der Waals surface area (Å²) in [5.74, 6) is 2.34. The van der Waals surface area contributed by atoms with Crippen molar-refractivity contribution in [1.29, 1.82) is 0 Å². The Morgan fingerprint density at radius 2 is 2.00 bits per heavy atom. The monoisotopic (exact) mass is 280 g/mol. The molecule has 2 unspecified atom stereocenters. The molecule has 0 spiro atoms. The van der Waals surface area contributed by atoms with Gasteiger partial charge in [-0.05, 0) is 24.7 Å². The molecule has 1 aromatic heterocycles. The van der Waals surface area contributed by atoms with E-state index in [9.17, 15) is 4.79 Å². The quantitative estimate of drug-likeness (QED) is 0.865. The number of ether oxygens (including phenoxy) is 1.